The Morgan fingerprint density at radius 3 is 2.34 bits per heavy atom. The number of fused-ring (bicyclic) bond motifs is 2. The van der Waals surface area contributed by atoms with E-state index in [0.717, 1.165) is 49.5 Å². The summed E-state index contributed by atoms with van der Waals surface area (Å²) in [7, 11) is 5.58. The van der Waals surface area contributed by atoms with Gasteiger partial charge in [-0.15, -0.1) is 0 Å². The van der Waals surface area contributed by atoms with E-state index >= 15 is 0 Å². The standard InChI is InChI=1S/C32H35N5O4/c1-35(2)32(39)23-6-10-25-26(18-23)34-31(38)29(25)30(22-7-11-27-28(19-22)41-17-16-40-27)33-24-8-4-21(5-9-24)20-37-14-12-36(3)13-15-37/h4-11,18-19,33H,12-17,20H2,1-3H3,(H,34,38)/b30-29-. The van der Waals surface area contributed by atoms with Gasteiger partial charge >= 0.3 is 0 Å². The Labute approximate surface area is 240 Å². The van der Waals surface area contributed by atoms with E-state index in [4.69, 9.17) is 9.47 Å². The van der Waals surface area contributed by atoms with Crippen LogP contribution in [0.4, 0.5) is 11.4 Å². The van der Waals surface area contributed by atoms with E-state index in [1.165, 1.54) is 10.5 Å². The molecule has 0 saturated carbocycles. The van der Waals surface area contributed by atoms with Gasteiger partial charge in [-0.3, -0.25) is 14.5 Å². The molecule has 212 valence electrons. The highest BCUT2D eigenvalue weighted by atomic mass is 16.6. The number of likely N-dealkylation sites (N-methyl/N-ethyl adjacent to an activating group) is 1. The van der Waals surface area contributed by atoms with E-state index in [2.05, 4.69) is 51.7 Å². The van der Waals surface area contributed by atoms with Gasteiger partial charge in [-0.05, 0) is 55.1 Å². The summed E-state index contributed by atoms with van der Waals surface area (Å²) in [5.74, 6) is 0.960. The number of hydrogen-bond donors (Lipinski definition) is 2. The maximum atomic E-state index is 13.5. The summed E-state index contributed by atoms with van der Waals surface area (Å²) in [5, 5.41) is 6.50. The number of piperazine rings is 1. The quantitative estimate of drug-likeness (QED) is 0.449. The zero-order valence-corrected chi connectivity index (χ0v) is 23.7. The molecule has 6 rings (SSSR count). The smallest absolute Gasteiger partial charge is 0.258 e. The Balaban J connectivity index is 1.35. The van der Waals surface area contributed by atoms with Gasteiger partial charge in [0, 0.05) is 74.9 Å². The zero-order valence-electron chi connectivity index (χ0n) is 23.7. The minimum Gasteiger partial charge on any atom is -0.486 e. The first-order valence-corrected chi connectivity index (χ1v) is 13.9. The molecule has 3 aliphatic rings. The molecule has 1 fully saturated rings. The van der Waals surface area contributed by atoms with Crippen LogP contribution >= 0.6 is 0 Å². The molecule has 3 aromatic carbocycles. The molecule has 1 saturated heterocycles. The van der Waals surface area contributed by atoms with E-state index in [9.17, 15) is 9.59 Å². The molecule has 3 aliphatic heterocycles. The Bertz CT molecular complexity index is 1510. The SMILES string of the molecule is CN1CCN(Cc2ccc(N/C(=C3\C(=O)Nc4cc(C(=O)N(C)C)ccc43)c3ccc4c(c3)OCCO4)cc2)CC1. The third kappa shape index (κ3) is 5.64. The van der Waals surface area contributed by atoms with Crippen molar-refractivity contribution in [3.63, 3.8) is 0 Å². The lowest BCUT2D eigenvalue weighted by Crippen LogP contribution is -2.43. The topological polar surface area (TPSA) is 86.4 Å². The van der Waals surface area contributed by atoms with Gasteiger partial charge in [-0.25, -0.2) is 0 Å². The van der Waals surface area contributed by atoms with Crippen molar-refractivity contribution in [2.75, 3.05) is 71.2 Å². The number of nitrogens with zero attached hydrogens (tertiary/aromatic N) is 3. The summed E-state index contributed by atoms with van der Waals surface area (Å²) < 4.78 is 11.6. The number of nitrogens with one attached hydrogen (secondary N) is 2. The number of rotatable bonds is 6. The number of hydrogen-bond acceptors (Lipinski definition) is 7. The zero-order chi connectivity index (χ0) is 28.5. The average Bonchev–Trinajstić information content (AvgIpc) is 3.31. The van der Waals surface area contributed by atoms with Crippen LogP contribution in [0.5, 0.6) is 11.5 Å². The largest absolute Gasteiger partial charge is 0.486 e. The van der Waals surface area contributed by atoms with E-state index in [0.29, 0.717) is 47.2 Å². The molecular weight excluding hydrogens is 518 g/mol. The molecule has 9 heteroatoms. The van der Waals surface area contributed by atoms with Crippen molar-refractivity contribution in [3.05, 3.63) is 82.9 Å². The normalized spacial score (nSPS) is 18.0. The van der Waals surface area contributed by atoms with Crippen molar-refractivity contribution in [2.24, 2.45) is 0 Å². The van der Waals surface area contributed by atoms with Crippen LogP contribution in [0.15, 0.2) is 60.7 Å². The number of benzene rings is 3. The number of amides is 2. The van der Waals surface area contributed by atoms with Crippen LogP contribution in [0.3, 0.4) is 0 Å². The molecular formula is C32H35N5O4. The van der Waals surface area contributed by atoms with E-state index in [1.807, 2.05) is 24.3 Å². The maximum Gasteiger partial charge on any atom is 0.258 e. The van der Waals surface area contributed by atoms with Crippen LogP contribution in [0.2, 0.25) is 0 Å². The first kappa shape index (κ1) is 26.9. The summed E-state index contributed by atoms with van der Waals surface area (Å²) in [5.41, 5.74) is 5.91. The minimum absolute atomic E-state index is 0.124. The molecule has 2 amide bonds. The highest BCUT2D eigenvalue weighted by molar-refractivity contribution is 6.37. The van der Waals surface area contributed by atoms with Crippen molar-refractivity contribution in [1.82, 2.24) is 14.7 Å². The van der Waals surface area contributed by atoms with Crippen LogP contribution in [0.25, 0.3) is 11.3 Å². The van der Waals surface area contributed by atoms with Crippen LogP contribution in [0, 0.1) is 0 Å². The van der Waals surface area contributed by atoms with E-state index < -0.39 is 0 Å². The predicted octanol–water partition coefficient (Wildman–Crippen LogP) is 3.84. The lowest BCUT2D eigenvalue weighted by atomic mass is 9.98. The van der Waals surface area contributed by atoms with Crippen LogP contribution < -0.4 is 20.1 Å². The number of anilines is 2. The Kier molecular flexibility index (Phi) is 7.38. The molecule has 3 aromatic rings. The van der Waals surface area contributed by atoms with Gasteiger partial charge in [-0.2, -0.15) is 0 Å². The molecule has 0 atom stereocenters. The van der Waals surface area contributed by atoms with E-state index in [-0.39, 0.29) is 11.8 Å². The van der Waals surface area contributed by atoms with Crippen molar-refractivity contribution < 1.29 is 19.1 Å². The van der Waals surface area contributed by atoms with E-state index in [1.54, 1.807) is 26.2 Å². The predicted molar refractivity (Wildman–Crippen MR) is 160 cm³/mol. The highest BCUT2D eigenvalue weighted by Crippen LogP contribution is 2.40. The molecule has 3 heterocycles. The Hall–Kier alpha value is -4.34. The third-order valence-corrected chi connectivity index (χ3v) is 7.72. The number of carbonyl (C=O) groups is 2. The molecule has 2 N–H and O–H groups in total. The van der Waals surface area contributed by atoms with Gasteiger partial charge in [0.1, 0.15) is 13.2 Å². The maximum absolute atomic E-state index is 13.5. The Morgan fingerprint density at radius 2 is 1.61 bits per heavy atom. The summed E-state index contributed by atoms with van der Waals surface area (Å²) in [6.45, 7) is 6.18. The summed E-state index contributed by atoms with van der Waals surface area (Å²) in [6.07, 6.45) is 0. The molecule has 0 aliphatic carbocycles. The highest BCUT2D eigenvalue weighted by Gasteiger charge is 2.30. The fraction of sp³-hybridized carbons (Fsp3) is 0.312. The lowest BCUT2D eigenvalue weighted by molar-refractivity contribution is -0.110. The second kappa shape index (κ2) is 11.3. The van der Waals surface area contributed by atoms with Crippen molar-refractivity contribution in [2.45, 2.75) is 6.54 Å². The Morgan fingerprint density at radius 1 is 0.902 bits per heavy atom. The fourth-order valence-corrected chi connectivity index (χ4v) is 5.39. The molecule has 41 heavy (non-hydrogen) atoms. The second-order valence-electron chi connectivity index (χ2n) is 10.9. The van der Waals surface area contributed by atoms with Crippen LogP contribution in [0.1, 0.15) is 27.0 Å². The van der Waals surface area contributed by atoms with Gasteiger partial charge in [0.2, 0.25) is 0 Å². The molecule has 0 spiro atoms. The number of carbonyl (C=O) groups excluding carboxylic acids is 2. The van der Waals surface area contributed by atoms with Gasteiger partial charge in [0.15, 0.2) is 11.5 Å². The second-order valence-corrected chi connectivity index (χ2v) is 10.9. The first-order valence-electron chi connectivity index (χ1n) is 13.9. The minimum atomic E-state index is -0.237. The lowest BCUT2D eigenvalue weighted by Gasteiger charge is -2.32. The molecule has 0 bridgehead atoms. The van der Waals surface area contributed by atoms with Crippen molar-refractivity contribution in [1.29, 1.82) is 0 Å². The summed E-state index contributed by atoms with van der Waals surface area (Å²) in [6, 6.07) is 19.4. The fourth-order valence-electron chi connectivity index (χ4n) is 5.39. The summed E-state index contributed by atoms with van der Waals surface area (Å²) >= 11 is 0. The van der Waals surface area contributed by atoms with Crippen LogP contribution in [-0.2, 0) is 11.3 Å². The number of ether oxygens (including phenoxy) is 2. The van der Waals surface area contributed by atoms with Crippen molar-refractivity contribution >= 4 is 34.5 Å². The monoisotopic (exact) mass is 553 g/mol. The van der Waals surface area contributed by atoms with Gasteiger partial charge in [0.05, 0.1) is 11.3 Å². The van der Waals surface area contributed by atoms with Crippen LogP contribution in [-0.4, -0.2) is 87.0 Å². The van der Waals surface area contributed by atoms with Gasteiger partial charge in [0.25, 0.3) is 11.8 Å². The molecule has 0 radical (unpaired) electrons. The molecule has 0 unspecified atom stereocenters. The van der Waals surface area contributed by atoms with Gasteiger partial charge in [-0.1, -0.05) is 18.2 Å². The molecule has 0 aromatic heterocycles. The summed E-state index contributed by atoms with van der Waals surface area (Å²) in [4.78, 5) is 32.4. The van der Waals surface area contributed by atoms with Crippen molar-refractivity contribution in [3.8, 4) is 11.5 Å². The first-order chi connectivity index (χ1) is 19.9. The molecule has 9 nitrogen and oxygen atoms in total. The third-order valence-electron chi connectivity index (χ3n) is 7.72. The average molecular weight is 554 g/mol. The van der Waals surface area contributed by atoms with Gasteiger partial charge < -0.3 is 29.9 Å².